The second-order valence-corrected chi connectivity index (χ2v) is 5.69. The van der Waals surface area contributed by atoms with Gasteiger partial charge in [0.05, 0.1) is 37.0 Å². The van der Waals surface area contributed by atoms with E-state index in [0.29, 0.717) is 12.1 Å². The third-order valence-electron chi connectivity index (χ3n) is 3.94. The van der Waals surface area contributed by atoms with Crippen LogP contribution in [0.1, 0.15) is 16.7 Å². The highest BCUT2D eigenvalue weighted by Gasteiger charge is 2.41. The van der Waals surface area contributed by atoms with Gasteiger partial charge in [-0.3, -0.25) is 4.90 Å². The maximum absolute atomic E-state index is 12.9. The van der Waals surface area contributed by atoms with Crippen molar-refractivity contribution >= 4 is 0 Å². The van der Waals surface area contributed by atoms with Crippen molar-refractivity contribution in [2.24, 2.45) is 0 Å². The normalized spacial score (nSPS) is 22.6. The largest absolute Gasteiger partial charge is 0.416 e. The van der Waals surface area contributed by atoms with Gasteiger partial charge in [0.1, 0.15) is 0 Å². The van der Waals surface area contributed by atoms with Crippen LogP contribution in [0.5, 0.6) is 0 Å². The number of ether oxygens (including phenoxy) is 1. The molecular weight excluding hydrogens is 354 g/mol. The predicted molar refractivity (Wildman–Crippen MR) is 73.1 cm³/mol. The summed E-state index contributed by atoms with van der Waals surface area (Å²) in [5.41, 5.74) is -4.60. The quantitative estimate of drug-likeness (QED) is 0.834. The Morgan fingerprint density at radius 2 is 1.68 bits per heavy atom. The fourth-order valence-electron chi connectivity index (χ4n) is 2.57. The van der Waals surface area contributed by atoms with E-state index >= 15 is 0 Å². The molecule has 2 rings (SSSR count). The number of hydrogen-bond acceptors (Lipinski definition) is 4. The molecule has 0 spiro atoms. The molecule has 0 aromatic heterocycles. The predicted octanol–water partition coefficient (Wildman–Crippen LogP) is 2.81. The molecule has 1 heterocycles. The number of hydrogen-bond donors (Lipinski definition) is 1. The van der Waals surface area contributed by atoms with Gasteiger partial charge in [-0.05, 0) is 23.8 Å². The fraction of sp³-hybridized carbons (Fsp3) is 0.533. The van der Waals surface area contributed by atoms with Gasteiger partial charge in [-0.15, -0.1) is 0 Å². The molecule has 25 heavy (non-hydrogen) atoms. The number of halogens is 6. The van der Waals surface area contributed by atoms with Gasteiger partial charge in [0.15, 0.2) is 5.54 Å². The van der Waals surface area contributed by atoms with E-state index in [1.807, 2.05) is 6.07 Å². The molecule has 0 amide bonds. The standard InChI is InChI=1S/C15H14F6N2O2/c16-14(17,18)11-3-10(4-12(5-11)15(19,20)21)6-23-1-2-25-9-13(23,7-22)8-24/h3-5,24H,1-2,6,8-9H2. The fourth-order valence-corrected chi connectivity index (χ4v) is 2.57. The summed E-state index contributed by atoms with van der Waals surface area (Å²) in [5, 5.41) is 18.7. The average Bonchev–Trinajstić information content (AvgIpc) is 2.53. The maximum Gasteiger partial charge on any atom is 0.416 e. The van der Waals surface area contributed by atoms with Crippen LogP contribution < -0.4 is 0 Å². The molecule has 1 saturated heterocycles. The van der Waals surface area contributed by atoms with Gasteiger partial charge in [0, 0.05) is 13.1 Å². The molecule has 1 atom stereocenters. The number of nitrogens with zero attached hydrogens (tertiary/aromatic N) is 2. The molecule has 0 bridgehead atoms. The number of aliphatic hydroxyl groups excluding tert-OH is 1. The minimum absolute atomic E-state index is 0.0480. The Bertz CT molecular complexity index is 635. The lowest BCUT2D eigenvalue weighted by Crippen LogP contribution is -2.57. The van der Waals surface area contributed by atoms with Gasteiger partial charge in [-0.1, -0.05) is 0 Å². The van der Waals surface area contributed by atoms with Gasteiger partial charge in [0.2, 0.25) is 0 Å². The summed E-state index contributed by atoms with van der Waals surface area (Å²) >= 11 is 0. The minimum Gasteiger partial charge on any atom is -0.393 e. The Hall–Kier alpha value is -1.83. The first-order chi connectivity index (χ1) is 11.5. The molecule has 1 aromatic carbocycles. The lowest BCUT2D eigenvalue weighted by Gasteiger charge is -2.40. The van der Waals surface area contributed by atoms with Crippen LogP contribution in [0.15, 0.2) is 18.2 Å². The zero-order valence-corrected chi connectivity index (χ0v) is 12.8. The smallest absolute Gasteiger partial charge is 0.393 e. The third-order valence-corrected chi connectivity index (χ3v) is 3.94. The third kappa shape index (κ3) is 4.23. The van der Waals surface area contributed by atoms with Crippen LogP contribution in [0.2, 0.25) is 0 Å². The molecule has 4 nitrogen and oxygen atoms in total. The van der Waals surface area contributed by atoms with Gasteiger partial charge >= 0.3 is 12.4 Å². The van der Waals surface area contributed by atoms with Gasteiger partial charge in [-0.2, -0.15) is 31.6 Å². The number of alkyl halides is 6. The van der Waals surface area contributed by atoms with E-state index in [4.69, 9.17) is 4.74 Å². The Morgan fingerprint density at radius 3 is 2.12 bits per heavy atom. The first-order valence-electron chi connectivity index (χ1n) is 7.15. The van der Waals surface area contributed by atoms with E-state index in [9.17, 15) is 36.7 Å². The van der Waals surface area contributed by atoms with E-state index < -0.39 is 35.6 Å². The Labute approximate surface area is 139 Å². The molecular formula is C15H14F6N2O2. The highest BCUT2D eigenvalue weighted by atomic mass is 19.4. The molecule has 1 fully saturated rings. The summed E-state index contributed by atoms with van der Waals surface area (Å²) in [5.74, 6) is 0. The second-order valence-electron chi connectivity index (χ2n) is 5.69. The zero-order valence-electron chi connectivity index (χ0n) is 12.8. The summed E-state index contributed by atoms with van der Waals surface area (Å²) in [4.78, 5) is 1.33. The Balaban J connectivity index is 2.43. The molecule has 138 valence electrons. The van der Waals surface area contributed by atoms with Crippen molar-refractivity contribution in [3.05, 3.63) is 34.9 Å². The minimum atomic E-state index is -4.94. The van der Waals surface area contributed by atoms with Crippen molar-refractivity contribution in [1.29, 1.82) is 5.26 Å². The summed E-state index contributed by atoms with van der Waals surface area (Å²) in [6, 6.07) is 3.11. The van der Waals surface area contributed by atoms with Crippen molar-refractivity contribution in [2.75, 3.05) is 26.4 Å². The molecule has 1 unspecified atom stereocenters. The van der Waals surface area contributed by atoms with E-state index in [2.05, 4.69) is 0 Å². The number of nitriles is 1. The Morgan fingerprint density at radius 1 is 1.12 bits per heavy atom. The Kier molecular flexibility index (Phi) is 5.32. The zero-order chi connectivity index (χ0) is 18.9. The molecule has 10 heteroatoms. The number of benzene rings is 1. The van der Waals surface area contributed by atoms with E-state index in [1.54, 1.807) is 0 Å². The highest BCUT2D eigenvalue weighted by Crippen LogP contribution is 2.37. The van der Waals surface area contributed by atoms with Crippen molar-refractivity contribution in [3.8, 4) is 6.07 Å². The van der Waals surface area contributed by atoms with Gasteiger partial charge in [0.25, 0.3) is 0 Å². The first-order valence-corrected chi connectivity index (χ1v) is 7.15. The van der Waals surface area contributed by atoms with Gasteiger partial charge < -0.3 is 9.84 Å². The van der Waals surface area contributed by atoms with Crippen LogP contribution in [0.25, 0.3) is 0 Å². The second kappa shape index (κ2) is 6.82. The van der Waals surface area contributed by atoms with Crippen LogP contribution in [0, 0.1) is 11.3 Å². The number of rotatable bonds is 3. The molecule has 1 aliphatic heterocycles. The van der Waals surface area contributed by atoms with Gasteiger partial charge in [-0.25, -0.2) is 0 Å². The monoisotopic (exact) mass is 368 g/mol. The summed E-state index contributed by atoms with van der Waals surface area (Å²) in [7, 11) is 0. The molecule has 0 saturated carbocycles. The first kappa shape index (κ1) is 19.5. The average molecular weight is 368 g/mol. The van der Waals surface area contributed by atoms with Crippen molar-refractivity contribution < 1.29 is 36.2 Å². The van der Waals surface area contributed by atoms with Crippen LogP contribution in [0.3, 0.4) is 0 Å². The lowest BCUT2D eigenvalue weighted by molar-refractivity contribution is -0.143. The summed E-state index contributed by atoms with van der Waals surface area (Å²) in [6.45, 7) is -0.968. The van der Waals surface area contributed by atoms with Crippen molar-refractivity contribution in [3.63, 3.8) is 0 Å². The molecule has 0 radical (unpaired) electrons. The lowest BCUT2D eigenvalue weighted by atomic mass is 9.97. The summed E-state index contributed by atoms with van der Waals surface area (Å²) < 4.78 is 82.5. The van der Waals surface area contributed by atoms with Crippen LogP contribution >= 0.6 is 0 Å². The molecule has 1 aromatic rings. The number of morpholine rings is 1. The molecule has 1 aliphatic rings. The van der Waals surface area contributed by atoms with Crippen molar-refractivity contribution in [1.82, 2.24) is 4.90 Å². The maximum atomic E-state index is 12.9. The van der Waals surface area contributed by atoms with Crippen LogP contribution in [-0.4, -0.2) is 41.9 Å². The number of aliphatic hydroxyl groups is 1. The van der Waals surface area contributed by atoms with E-state index in [0.717, 1.165) is 0 Å². The van der Waals surface area contributed by atoms with Crippen molar-refractivity contribution in [2.45, 2.75) is 24.4 Å². The molecule has 0 aliphatic carbocycles. The topological polar surface area (TPSA) is 56.5 Å². The van der Waals surface area contributed by atoms with E-state index in [1.165, 1.54) is 4.90 Å². The molecule has 1 N–H and O–H groups in total. The highest BCUT2D eigenvalue weighted by molar-refractivity contribution is 5.34. The van der Waals surface area contributed by atoms with Crippen LogP contribution in [-0.2, 0) is 23.6 Å². The SMILES string of the molecule is N#CC1(CO)COCCN1Cc1cc(C(F)(F)F)cc(C(F)(F)F)c1. The summed E-state index contributed by atoms with van der Waals surface area (Å²) in [6.07, 6.45) is -9.88. The van der Waals surface area contributed by atoms with E-state index in [-0.39, 0.29) is 37.9 Å². The van der Waals surface area contributed by atoms with Crippen LogP contribution in [0.4, 0.5) is 26.3 Å².